The normalized spacial score (nSPS) is 38.0. The number of rotatable bonds is 8. The minimum atomic E-state index is -1.51. The number of carboxylic acids is 1. The maximum atomic E-state index is 12.7. The van der Waals surface area contributed by atoms with Crippen molar-refractivity contribution in [3.63, 3.8) is 0 Å². The van der Waals surface area contributed by atoms with E-state index in [0.717, 1.165) is 12.8 Å². The van der Waals surface area contributed by atoms with Gasteiger partial charge in [-0.05, 0) is 52.4 Å². The van der Waals surface area contributed by atoms with Crippen molar-refractivity contribution in [2.45, 2.75) is 82.1 Å². The molecule has 1 unspecified atom stereocenters. The molecule has 4 aliphatic rings. The molecule has 3 aliphatic heterocycles. The standard InChI is InChI=1S/C23H35NO8.Na/c1-13(2)5-6-17-22(3,32-17)19-18(29-4)16(7-8-23(19)12-30-23)31-21(28)24-10-14(11-24)9-15(25)20(26)27;/h5,14-19,25H,6-12H2,1-4H3,(H,26,27);/q;+1/p-1/t15?,16-,17-,18-,19-,22+,23+;/m1./s1. The number of hydrogen-bond donors (Lipinski definition) is 1. The van der Waals surface area contributed by atoms with E-state index in [2.05, 4.69) is 26.8 Å². The zero-order valence-corrected chi connectivity index (χ0v) is 22.2. The van der Waals surface area contributed by atoms with Gasteiger partial charge >= 0.3 is 35.7 Å². The van der Waals surface area contributed by atoms with Gasteiger partial charge in [-0.3, -0.25) is 0 Å². The number of aliphatic hydroxyl groups is 1. The number of likely N-dealkylation sites (tertiary alicyclic amines) is 1. The number of nitrogens with zero attached hydrogens (tertiary/aromatic N) is 1. The van der Waals surface area contributed by atoms with Gasteiger partial charge in [-0.25, -0.2) is 4.79 Å². The number of amides is 1. The molecule has 1 N–H and O–H groups in total. The second-order valence-electron chi connectivity index (χ2n) is 10.1. The fraction of sp³-hybridized carbons (Fsp3) is 0.826. The summed E-state index contributed by atoms with van der Waals surface area (Å²) in [5.41, 5.74) is 0.580. The predicted molar refractivity (Wildman–Crippen MR) is 110 cm³/mol. The topological polar surface area (TPSA) is 124 Å². The van der Waals surface area contributed by atoms with E-state index in [9.17, 15) is 19.8 Å². The van der Waals surface area contributed by atoms with E-state index in [1.807, 2.05) is 0 Å². The third-order valence-electron chi connectivity index (χ3n) is 7.53. The Morgan fingerprint density at radius 1 is 1.33 bits per heavy atom. The van der Waals surface area contributed by atoms with E-state index in [1.165, 1.54) is 10.5 Å². The van der Waals surface area contributed by atoms with Crippen LogP contribution >= 0.6 is 0 Å². The van der Waals surface area contributed by atoms with Gasteiger partial charge in [0.2, 0.25) is 0 Å². The molecule has 0 aromatic rings. The Hall–Kier alpha value is -0.680. The first-order valence-corrected chi connectivity index (χ1v) is 11.4. The molecule has 0 radical (unpaired) electrons. The Morgan fingerprint density at radius 3 is 2.55 bits per heavy atom. The van der Waals surface area contributed by atoms with E-state index in [-0.39, 0.29) is 65.6 Å². The van der Waals surface area contributed by atoms with Crippen molar-refractivity contribution in [3.8, 4) is 0 Å². The van der Waals surface area contributed by atoms with Gasteiger partial charge in [0.15, 0.2) is 0 Å². The van der Waals surface area contributed by atoms with Gasteiger partial charge in [-0.2, -0.15) is 0 Å². The molecule has 4 rings (SSSR count). The first-order valence-electron chi connectivity index (χ1n) is 11.4. The van der Waals surface area contributed by atoms with Crippen LogP contribution in [0.25, 0.3) is 0 Å². The van der Waals surface area contributed by atoms with Crippen molar-refractivity contribution in [1.29, 1.82) is 0 Å². The Kier molecular flexibility index (Phi) is 8.26. The molecule has 4 fully saturated rings. The summed E-state index contributed by atoms with van der Waals surface area (Å²) in [7, 11) is 1.64. The third kappa shape index (κ3) is 5.44. The SMILES string of the molecule is CO[C@@H]1[C@H](OC(=O)N2CC(CC(O)C(=O)[O-])C2)CC[C@]2(CO2)[C@H]1[C@@]1(C)O[C@@H]1CC=C(C)C.[Na+]. The molecule has 0 aromatic carbocycles. The Morgan fingerprint density at radius 2 is 2.00 bits per heavy atom. The number of aliphatic carboxylic acids is 1. The van der Waals surface area contributed by atoms with Crippen LogP contribution in [0.3, 0.4) is 0 Å². The molecule has 10 heteroatoms. The maximum Gasteiger partial charge on any atom is 1.00 e. The van der Waals surface area contributed by atoms with Crippen LogP contribution in [-0.4, -0.2) is 84.5 Å². The molecular formula is C23H34NNaO8. The number of aliphatic hydroxyl groups excluding tert-OH is 1. The van der Waals surface area contributed by atoms with Crippen LogP contribution in [0.2, 0.25) is 0 Å². The van der Waals surface area contributed by atoms with Crippen LogP contribution in [0.4, 0.5) is 4.79 Å². The number of carbonyl (C=O) groups excluding carboxylic acids is 2. The zero-order valence-electron chi connectivity index (χ0n) is 20.2. The molecule has 1 amide bonds. The third-order valence-corrected chi connectivity index (χ3v) is 7.53. The summed E-state index contributed by atoms with van der Waals surface area (Å²) in [5, 5.41) is 20.1. The second-order valence-corrected chi connectivity index (χ2v) is 10.1. The average molecular weight is 476 g/mol. The van der Waals surface area contributed by atoms with Gasteiger partial charge in [0.05, 0.1) is 30.7 Å². The van der Waals surface area contributed by atoms with Crippen molar-refractivity contribution in [3.05, 3.63) is 11.6 Å². The van der Waals surface area contributed by atoms with E-state index >= 15 is 0 Å². The number of epoxide rings is 2. The Labute approximate surface area is 217 Å². The van der Waals surface area contributed by atoms with E-state index < -0.39 is 29.9 Å². The van der Waals surface area contributed by atoms with Gasteiger partial charge in [0, 0.05) is 20.2 Å². The van der Waals surface area contributed by atoms with Gasteiger partial charge in [0.25, 0.3) is 0 Å². The first-order chi connectivity index (χ1) is 15.1. The number of allylic oxidation sites excluding steroid dienone is 1. The number of methoxy groups -OCH3 is 1. The fourth-order valence-electron chi connectivity index (χ4n) is 5.55. The fourth-order valence-corrected chi connectivity index (χ4v) is 5.55. The molecule has 3 saturated heterocycles. The maximum absolute atomic E-state index is 12.7. The molecule has 1 saturated carbocycles. The van der Waals surface area contributed by atoms with Crippen LogP contribution in [0.1, 0.15) is 46.5 Å². The molecular weight excluding hydrogens is 441 g/mol. The smallest absolute Gasteiger partial charge is 0.547 e. The number of ether oxygens (including phenoxy) is 4. The van der Waals surface area contributed by atoms with Gasteiger partial charge in [-0.15, -0.1) is 0 Å². The van der Waals surface area contributed by atoms with Crippen LogP contribution in [0.5, 0.6) is 0 Å². The molecule has 1 aliphatic carbocycles. The molecule has 180 valence electrons. The minimum absolute atomic E-state index is 0. The van der Waals surface area contributed by atoms with Crippen LogP contribution in [0, 0.1) is 11.8 Å². The van der Waals surface area contributed by atoms with Crippen molar-refractivity contribution >= 4 is 12.1 Å². The minimum Gasteiger partial charge on any atom is -0.547 e. The molecule has 1 spiro atoms. The largest absolute Gasteiger partial charge is 1.00 e. The second kappa shape index (κ2) is 10.1. The number of hydrogen-bond acceptors (Lipinski definition) is 8. The molecule has 3 heterocycles. The monoisotopic (exact) mass is 475 g/mol. The van der Waals surface area contributed by atoms with Crippen LogP contribution in [0.15, 0.2) is 11.6 Å². The molecule has 0 bridgehead atoms. The summed E-state index contributed by atoms with van der Waals surface area (Å²) in [6.45, 7) is 7.62. The molecule has 9 nitrogen and oxygen atoms in total. The summed E-state index contributed by atoms with van der Waals surface area (Å²) < 4.78 is 23.8. The van der Waals surface area contributed by atoms with E-state index in [1.54, 1.807) is 7.11 Å². The summed E-state index contributed by atoms with van der Waals surface area (Å²) >= 11 is 0. The van der Waals surface area contributed by atoms with E-state index in [0.29, 0.717) is 26.1 Å². The van der Waals surface area contributed by atoms with Crippen molar-refractivity contribution in [2.75, 3.05) is 26.8 Å². The molecule has 7 atom stereocenters. The summed E-state index contributed by atoms with van der Waals surface area (Å²) in [6.07, 6.45) is 1.89. The van der Waals surface area contributed by atoms with Crippen LogP contribution in [-0.2, 0) is 23.7 Å². The zero-order chi connectivity index (χ0) is 23.3. The van der Waals surface area contributed by atoms with Gasteiger partial charge < -0.3 is 38.9 Å². The number of carbonyl (C=O) groups is 2. The summed E-state index contributed by atoms with van der Waals surface area (Å²) in [4.78, 5) is 24.9. The van der Waals surface area contributed by atoms with Crippen molar-refractivity contribution in [2.24, 2.45) is 11.8 Å². The quantitative estimate of drug-likeness (QED) is 0.235. The summed E-state index contributed by atoms with van der Waals surface area (Å²) in [6, 6.07) is 0. The van der Waals surface area contributed by atoms with Crippen molar-refractivity contribution in [1.82, 2.24) is 4.90 Å². The predicted octanol–water partition coefficient (Wildman–Crippen LogP) is -2.36. The molecule has 0 aromatic heterocycles. The van der Waals surface area contributed by atoms with Crippen LogP contribution < -0.4 is 34.7 Å². The number of carboxylic acid groups (broad SMARTS) is 1. The van der Waals surface area contributed by atoms with Gasteiger partial charge in [-0.1, -0.05) is 11.6 Å². The Balaban J connectivity index is 0.00000306. The van der Waals surface area contributed by atoms with Crippen molar-refractivity contribution < 1.29 is 68.3 Å². The molecule has 33 heavy (non-hydrogen) atoms. The Bertz CT molecular complexity index is 776. The first kappa shape index (κ1) is 26.9. The average Bonchev–Trinajstić information content (AvgIpc) is 3.61. The summed E-state index contributed by atoms with van der Waals surface area (Å²) in [5.74, 6) is -1.60. The van der Waals surface area contributed by atoms with Gasteiger partial charge in [0.1, 0.15) is 23.4 Å². The van der Waals surface area contributed by atoms with E-state index in [4.69, 9.17) is 18.9 Å².